The molecule has 1 aromatic rings. The van der Waals surface area contributed by atoms with Crippen LogP contribution in [0.5, 0.6) is 0 Å². The van der Waals surface area contributed by atoms with Crippen molar-refractivity contribution < 1.29 is 13.2 Å². The Hall–Kier alpha value is -2.06. The first-order valence-corrected chi connectivity index (χ1v) is 12.7. The van der Waals surface area contributed by atoms with Crippen LogP contribution in [0.2, 0.25) is 0 Å². The zero-order chi connectivity index (χ0) is 24.0. The Morgan fingerprint density at radius 1 is 1.15 bits per heavy atom. The number of alkyl halides is 3. The molecule has 0 atom stereocenters. The number of allylic oxidation sites excluding steroid dienone is 5. The van der Waals surface area contributed by atoms with Gasteiger partial charge in [-0.1, -0.05) is 43.7 Å². The number of nitrogens with two attached hydrogens (primary N) is 2. The number of thiophene rings is 1. The molecular weight excluding hydrogens is 445 g/mol. The number of anilines is 1. The van der Waals surface area contributed by atoms with Crippen molar-refractivity contribution in [1.29, 1.82) is 0 Å². The average Bonchev–Trinajstić information content (AvgIpc) is 2.95. The van der Waals surface area contributed by atoms with Gasteiger partial charge >= 0.3 is 6.18 Å². The van der Waals surface area contributed by atoms with E-state index in [0.29, 0.717) is 18.8 Å². The molecule has 2 heterocycles. The van der Waals surface area contributed by atoms with Crippen LogP contribution in [0.3, 0.4) is 0 Å². The van der Waals surface area contributed by atoms with Crippen LogP contribution in [0, 0.1) is 0 Å². The van der Waals surface area contributed by atoms with Crippen molar-refractivity contribution in [3.8, 4) is 0 Å². The number of hydrogen-bond acceptors (Lipinski definition) is 4. The van der Waals surface area contributed by atoms with Gasteiger partial charge in [0, 0.05) is 24.5 Å². The lowest BCUT2D eigenvalue weighted by Crippen LogP contribution is -2.37. The molecule has 0 bridgehead atoms. The lowest BCUT2D eigenvalue weighted by Gasteiger charge is -2.31. The molecule has 0 aromatic carbocycles. The highest BCUT2D eigenvalue weighted by Gasteiger charge is 2.31. The number of likely N-dealkylation sites (tertiary alicyclic amines) is 1. The Kier molecular flexibility index (Phi) is 8.82. The molecule has 0 saturated carbocycles. The second kappa shape index (κ2) is 11.4. The van der Waals surface area contributed by atoms with Crippen LogP contribution in [0.4, 0.5) is 18.2 Å². The standard InChI is InChI=1S/C23H29F3N4S.C2H6/c24-23(25,26)16-5-3-4-15(8-9-16)14-30-12-10-17(11-13-30)29-21(27)20-18-6-1-2-7-19(18)31-22(20)28;1-2/h3,5,8-9,17H,1-2,4,6-7,10-14,28H2,(H2,27,29);1-2H3. The predicted molar refractivity (Wildman–Crippen MR) is 133 cm³/mol. The topological polar surface area (TPSA) is 67.6 Å². The number of rotatable bonds is 4. The lowest BCUT2D eigenvalue weighted by molar-refractivity contribution is -0.0881. The Morgan fingerprint density at radius 2 is 1.85 bits per heavy atom. The summed E-state index contributed by atoms with van der Waals surface area (Å²) in [6.45, 7) is 6.40. The van der Waals surface area contributed by atoms with Crippen molar-refractivity contribution in [3.05, 3.63) is 51.5 Å². The molecule has 0 amide bonds. The normalized spacial score (nSPS) is 20.3. The van der Waals surface area contributed by atoms with Crippen molar-refractivity contribution in [2.45, 2.75) is 71.0 Å². The van der Waals surface area contributed by atoms with Gasteiger partial charge in [-0.05, 0) is 50.5 Å². The average molecular weight is 481 g/mol. The van der Waals surface area contributed by atoms with Crippen molar-refractivity contribution in [2.75, 3.05) is 25.4 Å². The number of nitrogens with zero attached hydrogens (tertiary/aromatic N) is 2. The van der Waals surface area contributed by atoms with Gasteiger partial charge in [-0.3, -0.25) is 9.89 Å². The number of aryl methyl sites for hydroxylation is 1. The smallest absolute Gasteiger partial charge is 0.390 e. The highest BCUT2D eigenvalue weighted by molar-refractivity contribution is 7.16. The Bertz CT molecular complexity index is 932. The third-order valence-corrected chi connectivity index (χ3v) is 7.38. The molecule has 3 aliphatic rings. The summed E-state index contributed by atoms with van der Waals surface area (Å²) in [7, 11) is 0. The van der Waals surface area contributed by atoms with Gasteiger partial charge in [0.25, 0.3) is 0 Å². The minimum absolute atomic E-state index is 0.162. The molecule has 182 valence electrons. The maximum Gasteiger partial charge on any atom is 0.416 e. The summed E-state index contributed by atoms with van der Waals surface area (Å²) >= 11 is 1.65. The van der Waals surface area contributed by atoms with Crippen molar-refractivity contribution in [1.82, 2.24) is 4.90 Å². The fourth-order valence-corrected chi connectivity index (χ4v) is 5.77. The van der Waals surface area contributed by atoms with Gasteiger partial charge in [-0.25, -0.2) is 0 Å². The van der Waals surface area contributed by atoms with Crippen LogP contribution in [0.1, 0.15) is 62.0 Å². The highest BCUT2D eigenvalue weighted by Crippen LogP contribution is 2.36. The predicted octanol–water partition coefficient (Wildman–Crippen LogP) is 5.78. The summed E-state index contributed by atoms with van der Waals surface area (Å²) in [4.78, 5) is 8.46. The number of nitrogen functional groups attached to an aromatic ring is 1. The van der Waals surface area contributed by atoms with Gasteiger partial charge in [-0.15, -0.1) is 11.3 Å². The summed E-state index contributed by atoms with van der Waals surface area (Å²) < 4.78 is 38.7. The Morgan fingerprint density at radius 3 is 2.55 bits per heavy atom. The van der Waals surface area contributed by atoms with Crippen molar-refractivity contribution >= 4 is 22.2 Å². The fourth-order valence-electron chi connectivity index (χ4n) is 4.60. The fraction of sp³-hybridized carbons (Fsp3) is 0.560. The highest BCUT2D eigenvalue weighted by atomic mass is 32.1. The largest absolute Gasteiger partial charge is 0.416 e. The lowest BCUT2D eigenvalue weighted by atomic mass is 9.95. The van der Waals surface area contributed by atoms with Crippen LogP contribution in [0.15, 0.2) is 40.4 Å². The third kappa shape index (κ3) is 6.51. The van der Waals surface area contributed by atoms with Crippen LogP contribution >= 0.6 is 11.3 Å². The molecule has 4 rings (SSSR count). The molecule has 4 nitrogen and oxygen atoms in total. The van der Waals surface area contributed by atoms with Crippen molar-refractivity contribution in [2.24, 2.45) is 10.7 Å². The summed E-state index contributed by atoms with van der Waals surface area (Å²) in [5, 5.41) is 0.783. The summed E-state index contributed by atoms with van der Waals surface area (Å²) in [5.41, 5.74) is 15.3. The first-order chi connectivity index (χ1) is 15.8. The molecule has 1 saturated heterocycles. The molecule has 8 heteroatoms. The second-order valence-electron chi connectivity index (χ2n) is 8.52. The van der Waals surface area contributed by atoms with E-state index < -0.39 is 11.7 Å². The van der Waals surface area contributed by atoms with E-state index in [1.807, 2.05) is 13.8 Å². The minimum atomic E-state index is -4.30. The van der Waals surface area contributed by atoms with Gasteiger partial charge in [0.05, 0.1) is 22.2 Å². The molecule has 2 aliphatic carbocycles. The van der Waals surface area contributed by atoms with Crippen LogP contribution in [-0.2, 0) is 12.8 Å². The number of fused-ring (bicyclic) bond motifs is 1. The zero-order valence-corrected chi connectivity index (χ0v) is 20.4. The van der Waals surface area contributed by atoms with E-state index in [1.165, 1.54) is 35.4 Å². The van der Waals surface area contributed by atoms with Gasteiger partial charge in [0.15, 0.2) is 0 Å². The third-order valence-electron chi connectivity index (χ3n) is 6.26. The van der Waals surface area contributed by atoms with Gasteiger partial charge in [0.2, 0.25) is 0 Å². The van der Waals surface area contributed by atoms with Crippen molar-refractivity contribution in [3.63, 3.8) is 0 Å². The van der Waals surface area contributed by atoms with E-state index in [4.69, 9.17) is 16.5 Å². The number of piperidine rings is 1. The van der Waals surface area contributed by atoms with Crippen LogP contribution in [0.25, 0.3) is 0 Å². The van der Waals surface area contributed by atoms with E-state index >= 15 is 0 Å². The van der Waals surface area contributed by atoms with E-state index in [0.717, 1.165) is 54.9 Å². The zero-order valence-electron chi connectivity index (χ0n) is 19.5. The first-order valence-electron chi connectivity index (χ1n) is 11.9. The maximum atomic E-state index is 12.9. The summed E-state index contributed by atoms with van der Waals surface area (Å²) in [5.74, 6) is 0.566. The monoisotopic (exact) mass is 480 g/mol. The molecule has 0 radical (unpaired) electrons. The number of halogens is 3. The van der Waals surface area contributed by atoms with Gasteiger partial charge in [0.1, 0.15) is 5.84 Å². The molecule has 1 aromatic heterocycles. The Balaban J connectivity index is 0.00000149. The maximum absolute atomic E-state index is 12.9. The van der Waals surface area contributed by atoms with E-state index in [9.17, 15) is 13.2 Å². The molecule has 1 fully saturated rings. The molecule has 0 spiro atoms. The molecule has 4 N–H and O–H groups in total. The van der Waals surface area contributed by atoms with E-state index in [1.54, 1.807) is 23.5 Å². The van der Waals surface area contributed by atoms with Crippen LogP contribution in [-0.4, -0.2) is 42.6 Å². The summed E-state index contributed by atoms with van der Waals surface area (Å²) in [6, 6.07) is 0.162. The molecular formula is C25H35F3N4S. The quantitative estimate of drug-likeness (QED) is 0.424. The SMILES string of the molecule is CC.NC(=NC1CCN(CC2=CC=C(C(F)(F)F)C=CC2)CC1)c1c(N)sc2c1CCCC2. The number of hydrogen-bond donors (Lipinski definition) is 2. The van der Waals surface area contributed by atoms with Gasteiger partial charge < -0.3 is 11.5 Å². The van der Waals surface area contributed by atoms with E-state index in [-0.39, 0.29) is 6.04 Å². The first kappa shape index (κ1) is 25.6. The Labute approximate surface area is 198 Å². The van der Waals surface area contributed by atoms with Gasteiger partial charge in [-0.2, -0.15) is 13.2 Å². The summed E-state index contributed by atoms with van der Waals surface area (Å²) in [6.07, 6.45) is 8.09. The molecule has 33 heavy (non-hydrogen) atoms. The minimum Gasteiger partial charge on any atom is -0.390 e. The van der Waals surface area contributed by atoms with E-state index in [2.05, 4.69) is 4.90 Å². The molecule has 0 unspecified atom stereocenters. The molecule has 1 aliphatic heterocycles. The second-order valence-corrected chi connectivity index (χ2v) is 9.66. The number of aliphatic imine (C=N–C) groups is 1. The van der Waals surface area contributed by atoms with Crippen LogP contribution < -0.4 is 11.5 Å². The number of amidine groups is 1.